The lowest BCUT2D eigenvalue weighted by Crippen LogP contribution is -2.42. The maximum absolute atomic E-state index is 11.6. The standard InChI is InChI=1S/C13H14N2O4/c1-2-19-13(18)11(15-8-16)12(17)10-5-3-4-9(6-10)7-14/h3-6,8,11-12,17H,2H2,1H3,(H,15,16). The molecule has 1 amide bonds. The molecule has 6 nitrogen and oxygen atoms in total. The molecular weight excluding hydrogens is 248 g/mol. The minimum atomic E-state index is -1.28. The number of rotatable bonds is 6. The van der Waals surface area contributed by atoms with Gasteiger partial charge in [-0.05, 0) is 24.6 Å². The van der Waals surface area contributed by atoms with Crippen LogP contribution in [0.1, 0.15) is 24.2 Å². The molecule has 0 aliphatic heterocycles. The van der Waals surface area contributed by atoms with Crippen molar-refractivity contribution >= 4 is 12.4 Å². The van der Waals surface area contributed by atoms with Crippen LogP contribution in [0, 0.1) is 11.3 Å². The van der Waals surface area contributed by atoms with Gasteiger partial charge in [-0.15, -0.1) is 0 Å². The molecule has 2 unspecified atom stereocenters. The SMILES string of the molecule is CCOC(=O)C(NC=O)C(O)c1cccc(C#N)c1. The van der Waals surface area contributed by atoms with E-state index >= 15 is 0 Å². The van der Waals surface area contributed by atoms with E-state index in [1.165, 1.54) is 6.07 Å². The summed E-state index contributed by atoms with van der Waals surface area (Å²) in [7, 11) is 0. The lowest BCUT2D eigenvalue weighted by Gasteiger charge is -2.20. The van der Waals surface area contributed by atoms with Crippen LogP contribution >= 0.6 is 0 Å². The van der Waals surface area contributed by atoms with E-state index in [2.05, 4.69) is 5.32 Å². The van der Waals surface area contributed by atoms with E-state index in [4.69, 9.17) is 10.00 Å². The Bertz CT molecular complexity index is 496. The van der Waals surface area contributed by atoms with Crippen LogP contribution < -0.4 is 5.32 Å². The van der Waals surface area contributed by atoms with Crippen LogP contribution in [0.5, 0.6) is 0 Å². The highest BCUT2D eigenvalue weighted by Gasteiger charge is 2.29. The highest BCUT2D eigenvalue weighted by atomic mass is 16.5. The number of amides is 1. The largest absolute Gasteiger partial charge is 0.464 e. The maximum atomic E-state index is 11.6. The molecule has 0 aliphatic carbocycles. The van der Waals surface area contributed by atoms with Gasteiger partial charge in [0.1, 0.15) is 6.10 Å². The van der Waals surface area contributed by atoms with E-state index in [0.29, 0.717) is 17.5 Å². The number of nitrogens with one attached hydrogen (secondary N) is 1. The van der Waals surface area contributed by atoms with Gasteiger partial charge < -0.3 is 15.2 Å². The first-order chi connectivity index (χ1) is 9.13. The summed E-state index contributed by atoms with van der Waals surface area (Å²) in [5.74, 6) is -0.732. The zero-order chi connectivity index (χ0) is 14.3. The normalized spacial score (nSPS) is 12.9. The molecular formula is C13H14N2O4. The van der Waals surface area contributed by atoms with E-state index in [0.717, 1.165) is 0 Å². The lowest BCUT2D eigenvalue weighted by atomic mass is 10.0. The van der Waals surface area contributed by atoms with Crippen molar-refractivity contribution in [2.24, 2.45) is 0 Å². The number of aliphatic hydroxyl groups is 1. The number of esters is 1. The quantitative estimate of drug-likeness (QED) is 0.566. The lowest BCUT2D eigenvalue weighted by molar-refractivity contribution is -0.149. The highest BCUT2D eigenvalue weighted by molar-refractivity contribution is 5.79. The molecule has 2 atom stereocenters. The van der Waals surface area contributed by atoms with Crippen molar-refractivity contribution in [3.8, 4) is 6.07 Å². The third-order valence-corrected chi connectivity index (χ3v) is 2.46. The van der Waals surface area contributed by atoms with Gasteiger partial charge in [-0.2, -0.15) is 5.26 Å². The van der Waals surface area contributed by atoms with Gasteiger partial charge in [-0.3, -0.25) is 4.79 Å². The summed E-state index contributed by atoms with van der Waals surface area (Å²) in [5.41, 5.74) is 0.705. The Morgan fingerprint density at radius 1 is 1.63 bits per heavy atom. The molecule has 0 radical (unpaired) electrons. The van der Waals surface area contributed by atoms with Crippen molar-refractivity contribution in [2.45, 2.75) is 19.1 Å². The van der Waals surface area contributed by atoms with Crippen molar-refractivity contribution in [2.75, 3.05) is 6.61 Å². The van der Waals surface area contributed by atoms with Gasteiger partial charge in [-0.1, -0.05) is 12.1 Å². The van der Waals surface area contributed by atoms with E-state index in [9.17, 15) is 14.7 Å². The average molecular weight is 262 g/mol. The Morgan fingerprint density at radius 3 is 2.95 bits per heavy atom. The fourth-order valence-electron chi connectivity index (χ4n) is 1.58. The van der Waals surface area contributed by atoms with Gasteiger partial charge in [0.2, 0.25) is 6.41 Å². The van der Waals surface area contributed by atoms with Gasteiger partial charge in [-0.25, -0.2) is 4.79 Å². The van der Waals surface area contributed by atoms with Gasteiger partial charge >= 0.3 is 5.97 Å². The summed E-state index contributed by atoms with van der Waals surface area (Å²) in [6.07, 6.45) is -0.962. The molecule has 19 heavy (non-hydrogen) atoms. The summed E-state index contributed by atoms with van der Waals surface area (Å²) in [5, 5.41) is 21.1. The van der Waals surface area contributed by atoms with E-state index in [-0.39, 0.29) is 6.61 Å². The predicted molar refractivity (Wildman–Crippen MR) is 65.7 cm³/mol. The van der Waals surface area contributed by atoms with Crippen LogP contribution in [0.15, 0.2) is 24.3 Å². The minimum Gasteiger partial charge on any atom is -0.464 e. The summed E-state index contributed by atoms with van der Waals surface area (Å²) >= 11 is 0. The molecule has 0 spiro atoms. The number of aliphatic hydroxyl groups excluding tert-OH is 1. The fourth-order valence-corrected chi connectivity index (χ4v) is 1.58. The fraction of sp³-hybridized carbons (Fsp3) is 0.308. The molecule has 1 aromatic rings. The number of ether oxygens (including phenoxy) is 1. The third kappa shape index (κ3) is 3.79. The van der Waals surface area contributed by atoms with Crippen LogP contribution in [0.25, 0.3) is 0 Å². The average Bonchev–Trinajstić information content (AvgIpc) is 2.44. The molecule has 0 saturated heterocycles. The first-order valence-corrected chi connectivity index (χ1v) is 5.68. The van der Waals surface area contributed by atoms with Crippen molar-refractivity contribution in [1.82, 2.24) is 5.32 Å². The zero-order valence-corrected chi connectivity index (χ0v) is 10.4. The Kier molecular flexibility index (Phi) is 5.51. The second-order valence-corrected chi connectivity index (χ2v) is 3.70. The maximum Gasteiger partial charge on any atom is 0.331 e. The molecule has 2 N–H and O–H groups in total. The van der Waals surface area contributed by atoms with Crippen molar-refractivity contribution < 1.29 is 19.4 Å². The van der Waals surface area contributed by atoms with Gasteiger partial charge in [0.15, 0.2) is 6.04 Å². The molecule has 1 rings (SSSR count). The molecule has 1 aromatic carbocycles. The summed E-state index contributed by atoms with van der Waals surface area (Å²) < 4.78 is 4.77. The van der Waals surface area contributed by atoms with Gasteiger partial charge in [0.05, 0.1) is 18.2 Å². The van der Waals surface area contributed by atoms with Crippen molar-refractivity contribution in [3.05, 3.63) is 35.4 Å². The Morgan fingerprint density at radius 2 is 2.37 bits per heavy atom. The van der Waals surface area contributed by atoms with Gasteiger partial charge in [0.25, 0.3) is 0 Å². The summed E-state index contributed by atoms with van der Waals surface area (Å²) in [4.78, 5) is 22.1. The zero-order valence-electron chi connectivity index (χ0n) is 10.4. The molecule has 0 saturated carbocycles. The highest BCUT2D eigenvalue weighted by Crippen LogP contribution is 2.18. The molecule has 100 valence electrons. The minimum absolute atomic E-state index is 0.140. The monoisotopic (exact) mass is 262 g/mol. The molecule has 0 aliphatic rings. The Balaban J connectivity index is 2.98. The number of carbonyl (C=O) groups excluding carboxylic acids is 2. The van der Waals surface area contributed by atoms with E-state index < -0.39 is 18.1 Å². The van der Waals surface area contributed by atoms with Crippen LogP contribution in [-0.4, -0.2) is 30.1 Å². The van der Waals surface area contributed by atoms with Crippen LogP contribution in [-0.2, 0) is 14.3 Å². The summed E-state index contributed by atoms with van der Waals surface area (Å²) in [6.45, 7) is 1.76. The molecule has 6 heteroatoms. The van der Waals surface area contributed by atoms with E-state index in [1.54, 1.807) is 25.1 Å². The van der Waals surface area contributed by atoms with Crippen LogP contribution in [0.4, 0.5) is 0 Å². The summed E-state index contributed by atoms with van der Waals surface area (Å²) in [6, 6.07) is 6.89. The van der Waals surface area contributed by atoms with Crippen LogP contribution in [0.3, 0.4) is 0 Å². The van der Waals surface area contributed by atoms with Crippen LogP contribution in [0.2, 0.25) is 0 Å². The second-order valence-electron chi connectivity index (χ2n) is 3.70. The number of carbonyl (C=O) groups is 2. The Labute approximate surface area is 110 Å². The molecule has 0 fully saturated rings. The topological polar surface area (TPSA) is 99.4 Å². The predicted octanol–water partition coefficient (Wildman–Crippen LogP) is 0.269. The first-order valence-electron chi connectivity index (χ1n) is 5.68. The molecule has 0 aromatic heterocycles. The third-order valence-electron chi connectivity index (χ3n) is 2.46. The van der Waals surface area contributed by atoms with E-state index in [1.807, 2.05) is 6.07 Å². The van der Waals surface area contributed by atoms with Crippen molar-refractivity contribution in [3.63, 3.8) is 0 Å². The number of nitriles is 1. The number of nitrogens with zero attached hydrogens (tertiary/aromatic N) is 1. The van der Waals surface area contributed by atoms with Gasteiger partial charge in [0, 0.05) is 0 Å². The number of hydrogen-bond acceptors (Lipinski definition) is 5. The Hall–Kier alpha value is -2.39. The smallest absolute Gasteiger partial charge is 0.331 e. The van der Waals surface area contributed by atoms with Crippen molar-refractivity contribution in [1.29, 1.82) is 5.26 Å². The molecule has 0 bridgehead atoms. The second kappa shape index (κ2) is 7.13. The number of hydrogen-bond donors (Lipinski definition) is 2. The number of benzene rings is 1. The first kappa shape index (κ1) is 14.7. The molecule has 0 heterocycles.